The molecule has 0 bridgehead atoms. The van der Waals surface area contributed by atoms with E-state index in [9.17, 15) is 4.39 Å². The Morgan fingerprint density at radius 3 is 2.95 bits per heavy atom. The summed E-state index contributed by atoms with van der Waals surface area (Å²) in [4.78, 5) is 4.17. The monoisotopic (exact) mass is 344 g/mol. The summed E-state index contributed by atoms with van der Waals surface area (Å²) in [5, 5.41) is 3.06. The highest BCUT2D eigenvalue weighted by Crippen LogP contribution is 2.31. The van der Waals surface area contributed by atoms with Crippen LogP contribution in [0.25, 0.3) is 0 Å². The number of ether oxygens (including phenoxy) is 1. The molecule has 2 rings (SSSR count). The highest BCUT2D eigenvalue weighted by atomic mass is 79.9. The molecule has 6 heteroatoms. The van der Waals surface area contributed by atoms with Gasteiger partial charge in [0.25, 0.3) is 0 Å². The van der Waals surface area contributed by atoms with Crippen LogP contribution in [0.2, 0.25) is 5.02 Å². The van der Waals surface area contributed by atoms with Crippen molar-refractivity contribution in [2.45, 2.75) is 6.61 Å². The number of hydrogen-bond acceptors (Lipinski definition) is 3. The zero-order valence-corrected chi connectivity index (χ0v) is 12.4. The Balaban J connectivity index is 2.12. The molecule has 0 saturated carbocycles. The summed E-state index contributed by atoms with van der Waals surface area (Å²) >= 11 is 8.94. The van der Waals surface area contributed by atoms with Gasteiger partial charge in [-0.3, -0.25) is 4.98 Å². The van der Waals surface area contributed by atoms with Crippen LogP contribution < -0.4 is 10.1 Å². The number of nitrogens with one attached hydrogen (secondary N) is 1. The maximum atomic E-state index is 13.3. The van der Waals surface area contributed by atoms with E-state index in [4.69, 9.17) is 16.3 Å². The summed E-state index contributed by atoms with van der Waals surface area (Å²) in [6.07, 6.45) is 1.68. The van der Waals surface area contributed by atoms with Gasteiger partial charge in [0.2, 0.25) is 0 Å². The zero-order chi connectivity index (χ0) is 13.8. The minimum Gasteiger partial charge on any atom is -0.486 e. The second-order valence-electron chi connectivity index (χ2n) is 3.77. The number of rotatable bonds is 4. The average molecular weight is 346 g/mol. The SMILES string of the molecule is CNc1ccnc(COc2cc(F)c(Cl)cc2Br)c1. The Hall–Kier alpha value is -1.33. The molecule has 0 radical (unpaired) electrons. The van der Waals surface area contributed by atoms with Crippen LogP contribution in [0, 0.1) is 5.82 Å². The number of benzene rings is 1. The number of nitrogens with zero attached hydrogens (tertiary/aromatic N) is 1. The number of pyridine rings is 1. The standard InChI is InChI=1S/C13H11BrClFN2O/c1-17-8-2-3-18-9(4-8)7-19-13-6-12(16)11(15)5-10(13)14/h2-6H,7H2,1H3,(H,17,18). The minimum absolute atomic E-state index is 0.0505. The van der Waals surface area contributed by atoms with Gasteiger partial charge in [-0.1, -0.05) is 11.6 Å². The fourth-order valence-electron chi connectivity index (χ4n) is 1.48. The second-order valence-corrected chi connectivity index (χ2v) is 5.03. The lowest BCUT2D eigenvalue weighted by Gasteiger charge is -2.09. The van der Waals surface area contributed by atoms with Crippen molar-refractivity contribution < 1.29 is 9.13 Å². The van der Waals surface area contributed by atoms with Crippen LogP contribution in [0.4, 0.5) is 10.1 Å². The zero-order valence-electron chi connectivity index (χ0n) is 10.1. The van der Waals surface area contributed by atoms with Crippen LogP contribution in [-0.2, 0) is 6.61 Å². The smallest absolute Gasteiger partial charge is 0.145 e. The van der Waals surface area contributed by atoms with Gasteiger partial charge >= 0.3 is 0 Å². The highest BCUT2D eigenvalue weighted by Gasteiger charge is 2.08. The van der Waals surface area contributed by atoms with Gasteiger partial charge in [0.1, 0.15) is 18.2 Å². The van der Waals surface area contributed by atoms with Crippen LogP contribution in [0.3, 0.4) is 0 Å². The Kier molecular flexibility index (Phi) is 4.61. The second kappa shape index (κ2) is 6.21. The van der Waals surface area contributed by atoms with E-state index in [0.717, 1.165) is 11.4 Å². The summed E-state index contributed by atoms with van der Waals surface area (Å²) in [5.74, 6) is -0.129. The summed E-state index contributed by atoms with van der Waals surface area (Å²) in [6, 6.07) is 6.42. The molecule has 3 nitrogen and oxygen atoms in total. The molecule has 0 atom stereocenters. The Morgan fingerprint density at radius 1 is 1.42 bits per heavy atom. The highest BCUT2D eigenvalue weighted by molar-refractivity contribution is 9.10. The first-order valence-corrected chi connectivity index (χ1v) is 6.67. The molecule has 0 aliphatic carbocycles. The van der Waals surface area contributed by atoms with Gasteiger partial charge in [0.15, 0.2) is 0 Å². The first kappa shape index (κ1) is 14.1. The van der Waals surface area contributed by atoms with Crippen molar-refractivity contribution in [2.24, 2.45) is 0 Å². The van der Waals surface area contributed by atoms with Gasteiger partial charge in [0, 0.05) is 25.0 Å². The van der Waals surface area contributed by atoms with Crippen LogP contribution >= 0.6 is 27.5 Å². The average Bonchev–Trinajstić information content (AvgIpc) is 2.41. The molecule has 0 aliphatic heterocycles. The third kappa shape index (κ3) is 3.58. The molecule has 100 valence electrons. The normalized spacial score (nSPS) is 10.3. The van der Waals surface area contributed by atoms with E-state index in [1.54, 1.807) is 6.20 Å². The predicted molar refractivity (Wildman–Crippen MR) is 77.2 cm³/mol. The Morgan fingerprint density at radius 2 is 2.21 bits per heavy atom. The molecule has 1 aromatic heterocycles. The van der Waals surface area contributed by atoms with E-state index in [-0.39, 0.29) is 11.6 Å². The third-order valence-corrected chi connectivity index (χ3v) is 3.36. The summed E-state index contributed by atoms with van der Waals surface area (Å²) < 4.78 is 19.5. The van der Waals surface area contributed by atoms with Gasteiger partial charge in [-0.15, -0.1) is 0 Å². The molecule has 0 amide bonds. The summed E-state index contributed by atoms with van der Waals surface area (Å²) in [7, 11) is 1.82. The van der Waals surface area contributed by atoms with Crippen molar-refractivity contribution in [2.75, 3.05) is 12.4 Å². The molecule has 0 unspecified atom stereocenters. The van der Waals surface area contributed by atoms with Gasteiger partial charge in [-0.25, -0.2) is 4.39 Å². The Labute approximate surface area is 123 Å². The van der Waals surface area contributed by atoms with Crippen molar-refractivity contribution in [3.8, 4) is 5.75 Å². The van der Waals surface area contributed by atoms with E-state index in [1.165, 1.54) is 12.1 Å². The van der Waals surface area contributed by atoms with Gasteiger partial charge in [-0.2, -0.15) is 0 Å². The molecular formula is C13H11BrClFN2O. The van der Waals surface area contributed by atoms with Crippen molar-refractivity contribution in [3.05, 3.63) is 51.5 Å². The molecule has 1 N–H and O–H groups in total. The first-order chi connectivity index (χ1) is 9.10. The van der Waals surface area contributed by atoms with Gasteiger partial charge in [-0.05, 0) is 34.1 Å². The number of halogens is 3. The van der Waals surface area contributed by atoms with Crippen LogP contribution in [0.1, 0.15) is 5.69 Å². The summed E-state index contributed by atoms with van der Waals surface area (Å²) in [6.45, 7) is 0.245. The minimum atomic E-state index is -0.517. The lowest BCUT2D eigenvalue weighted by Crippen LogP contribution is -2.00. The van der Waals surface area contributed by atoms with Crippen molar-refractivity contribution in [3.63, 3.8) is 0 Å². The lowest BCUT2D eigenvalue weighted by atomic mass is 10.3. The van der Waals surface area contributed by atoms with Crippen molar-refractivity contribution in [1.82, 2.24) is 4.98 Å². The van der Waals surface area contributed by atoms with Gasteiger partial charge in [0.05, 0.1) is 15.2 Å². The van der Waals surface area contributed by atoms with Gasteiger partial charge < -0.3 is 10.1 Å². The fraction of sp³-hybridized carbons (Fsp3) is 0.154. The van der Waals surface area contributed by atoms with Crippen LogP contribution in [0.5, 0.6) is 5.75 Å². The fourth-order valence-corrected chi connectivity index (χ4v) is 2.23. The molecule has 19 heavy (non-hydrogen) atoms. The first-order valence-electron chi connectivity index (χ1n) is 5.50. The number of anilines is 1. The number of aromatic nitrogens is 1. The molecule has 0 aliphatic rings. The maximum Gasteiger partial charge on any atom is 0.145 e. The molecule has 1 aromatic carbocycles. The Bertz CT molecular complexity index is 595. The maximum absolute atomic E-state index is 13.3. The molecule has 2 aromatic rings. The molecule has 0 spiro atoms. The number of hydrogen-bond donors (Lipinski definition) is 1. The third-order valence-electron chi connectivity index (χ3n) is 2.46. The van der Waals surface area contributed by atoms with Crippen LogP contribution in [0.15, 0.2) is 34.9 Å². The predicted octanol–water partition coefficient (Wildman–Crippen LogP) is 4.26. The van der Waals surface area contributed by atoms with Crippen molar-refractivity contribution in [1.29, 1.82) is 0 Å². The quantitative estimate of drug-likeness (QED) is 0.841. The van der Waals surface area contributed by atoms with E-state index in [2.05, 4.69) is 26.2 Å². The van der Waals surface area contributed by atoms with Crippen molar-refractivity contribution >= 4 is 33.2 Å². The topological polar surface area (TPSA) is 34.2 Å². The van der Waals surface area contributed by atoms with E-state index in [0.29, 0.717) is 10.2 Å². The van der Waals surface area contributed by atoms with E-state index >= 15 is 0 Å². The molecular weight excluding hydrogens is 335 g/mol. The lowest BCUT2D eigenvalue weighted by molar-refractivity contribution is 0.298. The molecule has 0 fully saturated rings. The van der Waals surface area contributed by atoms with E-state index < -0.39 is 5.82 Å². The molecule has 1 heterocycles. The van der Waals surface area contributed by atoms with E-state index in [1.807, 2.05) is 19.2 Å². The largest absolute Gasteiger partial charge is 0.486 e. The summed E-state index contributed by atoms with van der Waals surface area (Å²) in [5.41, 5.74) is 1.68. The molecule has 0 saturated heterocycles. The van der Waals surface area contributed by atoms with Crippen LogP contribution in [-0.4, -0.2) is 12.0 Å².